The normalized spacial score (nSPS) is 9.73. The minimum Gasteiger partial charge on any atom is -0.491 e. The molecule has 0 aliphatic carbocycles. The van der Waals surface area contributed by atoms with Gasteiger partial charge >= 0.3 is 0 Å². The highest BCUT2D eigenvalue weighted by Crippen LogP contribution is 2.11. The van der Waals surface area contributed by atoms with Crippen LogP contribution in [0.2, 0.25) is 0 Å². The maximum absolute atomic E-state index is 11.1. The second-order valence-electron chi connectivity index (χ2n) is 2.84. The van der Waals surface area contributed by atoms with Gasteiger partial charge in [0.05, 0.1) is 6.61 Å². The van der Waals surface area contributed by atoms with Crippen LogP contribution in [-0.4, -0.2) is 26.2 Å². The molecule has 0 atom stereocenters. The van der Waals surface area contributed by atoms with Crippen molar-refractivity contribution in [2.45, 2.75) is 0 Å². The molecule has 1 aromatic carbocycles. The van der Waals surface area contributed by atoms with E-state index in [9.17, 15) is 4.79 Å². The predicted molar refractivity (Wildman–Crippen MR) is 55.5 cm³/mol. The van der Waals surface area contributed by atoms with Gasteiger partial charge in [-0.1, -0.05) is 0 Å². The summed E-state index contributed by atoms with van der Waals surface area (Å²) in [7, 11) is 1.61. The van der Waals surface area contributed by atoms with E-state index in [1.54, 1.807) is 31.4 Å². The molecule has 82 valence electrons. The van der Waals surface area contributed by atoms with Crippen molar-refractivity contribution in [1.29, 1.82) is 0 Å². The molecular formula is C10H14N2O3. The van der Waals surface area contributed by atoms with Gasteiger partial charge in [-0.15, -0.1) is 0 Å². The fourth-order valence-corrected chi connectivity index (χ4v) is 1.03. The Morgan fingerprint density at radius 1 is 1.33 bits per heavy atom. The van der Waals surface area contributed by atoms with E-state index in [1.165, 1.54) is 0 Å². The van der Waals surface area contributed by atoms with Crippen LogP contribution < -0.4 is 16.0 Å². The van der Waals surface area contributed by atoms with Gasteiger partial charge in [-0.2, -0.15) is 0 Å². The molecule has 5 nitrogen and oxygen atoms in total. The molecule has 0 unspecified atom stereocenters. The minimum absolute atomic E-state index is 0.321. The Hall–Kier alpha value is -1.59. The number of nitrogen functional groups attached to an aromatic ring is 1. The number of nitrogens with two attached hydrogens (primary N) is 1. The Balaban J connectivity index is 2.52. The molecule has 0 heterocycles. The highest BCUT2D eigenvalue weighted by Gasteiger charge is 2.02. The average Bonchev–Trinajstić information content (AvgIpc) is 2.29. The summed E-state index contributed by atoms with van der Waals surface area (Å²) in [4.78, 5) is 11.1. The van der Waals surface area contributed by atoms with E-state index in [-0.39, 0.29) is 5.91 Å². The smallest absolute Gasteiger partial charge is 0.265 e. The first-order chi connectivity index (χ1) is 7.27. The van der Waals surface area contributed by atoms with Gasteiger partial charge in [0.25, 0.3) is 5.91 Å². The van der Waals surface area contributed by atoms with Crippen molar-refractivity contribution in [3.8, 4) is 5.75 Å². The van der Waals surface area contributed by atoms with Crippen molar-refractivity contribution < 1.29 is 14.3 Å². The lowest BCUT2D eigenvalue weighted by Gasteiger charge is -2.05. The van der Waals surface area contributed by atoms with E-state index in [0.29, 0.717) is 24.5 Å². The molecule has 0 aliphatic heterocycles. The molecule has 0 saturated heterocycles. The molecule has 0 saturated carbocycles. The zero-order valence-electron chi connectivity index (χ0n) is 8.53. The third-order valence-corrected chi connectivity index (χ3v) is 1.80. The van der Waals surface area contributed by atoms with Gasteiger partial charge in [0, 0.05) is 12.7 Å². The number of methoxy groups -OCH3 is 1. The van der Waals surface area contributed by atoms with Crippen molar-refractivity contribution in [3.05, 3.63) is 29.8 Å². The van der Waals surface area contributed by atoms with Crippen LogP contribution in [0.1, 0.15) is 10.4 Å². The first-order valence-electron chi connectivity index (χ1n) is 4.50. The summed E-state index contributed by atoms with van der Waals surface area (Å²) < 4.78 is 10.2. The summed E-state index contributed by atoms with van der Waals surface area (Å²) in [6, 6.07) is 6.70. The van der Waals surface area contributed by atoms with E-state index in [4.69, 9.17) is 15.3 Å². The molecular weight excluding hydrogens is 196 g/mol. The van der Waals surface area contributed by atoms with Gasteiger partial charge in [0.2, 0.25) is 0 Å². The van der Waals surface area contributed by atoms with Crippen molar-refractivity contribution in [1.82, 2.24) is 5.43 Å². The van der Waals surface area contributed by atoms with Crippen LogP contribution in [-0.2, 0) is 4.74 Å². The number of carbonyl (C=O) groups is 1. The van der Waals surface area contributed by atoms with E-state index >= 15 is 0 Å². The van der Waals surface area contributed by atoms with Gasteiger partial charge in [-0.3, -0.25) is 10.2 Å². The standard InChI is InChI=1S/C10H14N2O3/c1-14-6-7-15-9-4-2-8(3-5-9)10(13)12-11/h2-5H,6-7,11H2,1H3,(H,12,13). The SMILES string of the molecule is COCCOc1ccc(C(=O)NN)cc1. The summed E-state index contributed by atoms with van der Waals surface area (Å²) >= 11 is 0. The first kappa shape index (κ1) is 11.5. The number of benzene rings is 1. The van der Waals surface area contributed by atoms with E-state index in [1.807, 2.05) is 0 Å². The molecule has 0 bridgehead atoms. The average molecular weight is 210 g/mol. The summed E-state index contributed by atoms with van der Waals surface area (Å²) in [5.41, 5.74) is 2.55. The zero-order chi connectivity index (χ0) is 11.1. The fraction of sp³-hybridized carbons (Fsp3) is 0.300. The lowest BCUT2D eigenvalue weighted by molar-refractivity contribution is 0.0953. The highest BCUT2D eigenvalue weighted by molar-refractivity contribution is 5.93. The number of hydrazine groups is 1. The number of nitrogens with one attached hydrogen (secondary N) is 1. The van der Waals surface area contributed by atoms with Gasteiger partial charge in [0.1, 0.15) is 12.4 Å². The summed E-state index contributed by atoms with van der Waals surface area (Å²) in [5, 5.41) is 0. The second-order valence-corrected chi connectivity index (χ2v) is 2.84. The van der Waals surface area contributed by atoms with Crippen LogP contribution in [0.4, 0.5) is 0 Å². The monoisotopic (exact) mass is 210 g/mol. The lowest BCUT2D eigenvalue weighted by Crippen LogP contribution is -2.29. The van der Waals surface area contributed by atoms with Crippen LogP contribution >= 0.6 is 0 Å². The highest BCUT2D eigenvalue weighted by atomic mass is 16.5. The molecule has 0 aliphatic rings. The Kier molecular flexibility index (Phi) is 4.59. The van der Waals surface area contributed by atoms with Gasteiger partial charge < -0.3 is 9.47 Å². The van der Waals surface area contributed by atoms with Crippen LogP contribution in [0.5, 0.6) is 5.75 Å². The van der Waals surface area contributed by atoms with Crippen LogP contribution in [0.25, 0.3) is 0 Å². The Morgan fingerprint density at radius 3 is 2.53 bits per heavy atom. The van der Waals surface area contributed by atoms with E-state index < -0.39 is 0 Å². The molecule has 15 heavy (non-hydrogen) atoms. The molecule has 1 aromatic rings. The van der Waals surface area contributed by atoms with Crippen molar-refractivity contribution in [2.24, 2.45) is 5.84 Å². The molecule has 5 heteroatoms. The predicted octanol–water partition coefficient (Wildman–Crippen LogP) is 0.315. The van der Waals surface area contributed by atoms with E-state index in [0.717, 1.165) is 0 Å². The molecule has 0 aromatic heterocycles. The van der Waals surface area contributed by atoms with E-state index in [2.05, 4.69) is 5.43 Å². The first-order valence-corrected chi connectivity index (χ1v) is 4.50. The van der Waals surface area contributed by atoms with Gasteiger partial charge in [-0.05, 0) is 24.3 Å². The number of carbonyl (C=O) groups excluding carboxylic acids is 1. The fourth-order valence-electron chi connectivity index (χ4n) is 1.03. The third-order valence-electron chi connectivity index (χ3n) is 1.80. The van der Waals surface area contributed by atoms with Crippen molar-refractivity contribution >= 4 is 5.91 Å². The molecule has 0 fully saturated rings. The number of amides is 1. The Bertz CT molecular complexity index is 311. The summed E-state index contributed by atoms with van der Waals surface area (Å²) in [6.07, 6.45) is 0. The van der Waals surface area contributed by atoms with Crippen LogP contribution in [0.15, 0.2) is 24.3 Å². The number of rotatable bonds is 5. The maximum Gasteiger partial charge on any atom is 0.265 e. The molecule has 3 N–H and O–H groups in total. The summed E-state index contributed by atoms with van der Waals surface area (Å²) in [5.74, 6) is 5.37. The Labute approximate surface area is 88.1 Å². The number of hydrogen-bond donors (Lipinski definition) is 2. The molecule has 0 radical (unpaired) electrons. The maximum atomic E-state index is 11.1. The molecule has 1 rings (SSSR count). The van der Waals surface area contributed by atoms with Gasteiger partial charge in [0.15, 0.2) is 0 Å². The topological polar surface area (TPSA) is 73.6 Å². The lowest BCUT2D eigenvalue weighted by atomic mass is 10.2. The van der Waals surface area contributed by atoms with Crippen LogP contribution in [0.3, 0.4) is 0 Å². The van der Waals surface area contributed by atoms with Crippen LogP contribution in [0, 0.1) is 0 Å². The largest absolute Gasteiger partial charge is 0.491 e. The zero-order valence-corrected chi connectivity index (χ0v) is 8.53. The molecule has 1 amide bonds. The number of hydrogen-bond acceptors (Lipinski definition) is 4. The quantitative estimate of drug-likeness (QED) is 0.317. The van der Waals surface area contributed by atoms with Gasteiger partial charge in [-0.25, -0.2) is 5.84 Å². The van der Waals surface area contributed by atoms with Crippen molar-refractivity contribution in [3.63, 3.8) is 0 Å². The number of ether oxygens (including phenoxy) is 2. The third kappa shape index (κ3) is 3.57. The van der Waals surface area contributed by atoms with Crippen molar-refractivity contribution in [2.75, 3.05) is 20.3 Å². The Morgan fingerprint density at radius 2 is 2.00 bits per heavy atom. The summed E-state index contributed by atoms with van der Waals surface area (Å²) in [6.45, 7) is 1.02. The molecule has 0 spiro atoms. The second kappa shape index (κ2) is 6.00. The minimum atomic E-state index is -0.321.